The van der Waals surface area contributed by atoms with Crippen molar-refractivity contribution in [2.24, 2.45) is 0 Å². The van der Waals surface area contributed by atoms with Crippen molar-refractivity contribution in [3.63, 3.8) is 0 Å². The Labute approximate surface area is 122 Å². The van der Waals surface area contributed by atoms with Gasteiger partial charge in [-0.3, -0.25) is 0 Å². The zero-order valence-electron chi connectivity index (χ0n) is 11.5. The van der Waals surface area contributed by atoms with Crippen molar-refractivity contribution in [3.8, 4) is 11.5 Å². The van der Waals surface area contributed by atoms with Gasteiger partial charge in [-0.1, -0.05) is 18.2 Å². The van der Waals surface area contributed by atoms with E-state index in [4.69, 9.17) is 9.47 Å². The van der Waals surface area contributed by atoms with Crippen molar-refractivity contribution in [3.05, 3.63) is 53.6 Å². The Morgan fingerprint density at radius 3 is 2.76 bits per heavy atom. The molecule has 1 aliphatic rings. The molecular formula is C16H15NO4. The van der Waals surface area contributed by atoms with Crippen LogP contribution in [0.5, 0.6) is 11.5 Å². The number of benzene rings is 2. The van der Waals surface area contributed by atoms with E-state index in [0.29, 0.717) is 11.4 Å². The minimum Gasteiger partial charge on any atom is -0.478 e. The van der Waals surface area contributed by atoms with E-state index in [0.717, 1.165) is 11.3 Å². The molecule has 0 bridgehead atoms. The number of rotatable bonds is 4. The predicted molar refractivity (Wildman–Crippen MR) is 78.0 cm³/mol. The molecule has 0 saturated carbocycles. The SMILES string of the molecule is CC(Nc1ccccc1C(=O)O)c1ccc2c(c1)OCO2. The molecule has 1 aliphatic heterocycles. The van der Waals surface area contributed by atoms with Crippen molar-refractivity contribution in [1.82, 2.24) is 0 Å². The fourth-order valence-electron chi connectivity index (χ4n) is 2.29. The molecule has 3 rings (SSSR count). The average Bonchev–Trinajstić information content (AvgIpc) is 2.94. The van der Waals surface area contributed by atoms with Crippen LogP contribution in [0.25, 0.3) is 0 Å². The highest BCUT2D eigenvalue weighted by atomic mass is 16.7. The highest BCUT2D eigenvalue weighted by Crippen LogP contribution is 2.35. The van der Waals surface area contributed by atoms with Crippen LogP contribution in [0.15, 0.2) is 42.5 Å². The number of nitrogens with one attached hydrogen (secondary N) is 1. The highest BCUT2D eigenvalue weighted by Gasteiger charge is 2.17. The van der Waals surface area contributed by atoms with Gasteiger partial charge in [0.15, 0.2) is 11.5 Å². The van der Waals surface area contributed by atoms with E-state index in [1.54, 1.807) is 24.3 Å². The van der Waals surface area contributed by atoms with Crippen molar-refractivity contribution in [2.75, 3.05) is 12.1 Å². The zero-order chi connectivity index (χ0) is 14.8. The maximum atomic E-state index is 11.2. The van der Waals surface area contributed by atoms with Gasteiger partial charge in [0.2, 0.25) is 6.79 Å². The van der Waals surface area contributed by atoms with Crippen LogP contribution in [0, 0.1) is 0 Å². The summed E-state index contributed by atoms with van der Waals surface area (Å²) in [5.41, 5.74) is 1.85. The fraction of sp³-hybridized carbons (Fsp3) is 0.188. The summed E-state index contributed by atoms with van der Waals surface area (Å²) >= 11 is 0. The summed E-state index contributed by atoms with van der Waals surface area (Å²) in [5.74, 6) is 0.501. The van der Waals surface area contributed by atoms with Crippen LogP contribution in [-0.4, -0.2) is 17.9 Å². The number of hydrogen-bond donors (Lipinski definition) is 2. The molecule has 2 aromatic carbocycles. The molecule has 0 aromatic heterocycles. The van der Waals surface area contributed by atoms with Crippen LogP contribution in [-0.2, 0) is 0 Å². The van der Waals surface area contributed by atoms with Crippen LogP contribution < -0.4 is 14.8 Å². The van der Waals surface area contributed by atoms with Gasteiger partial charge in [-0.15, -0.1) is 0 Å². The Hall–Kier alpha value is -2.69. The molecule has 108 valence electrons. The second kappa shape index (κ2) is 5.36. The number of ether oxygens (including phenoxy) is 2. The minimum absolute atomic E-state index is 0.0556. The first-order valence-electron chi connectivity index (χ1n) is 6.63. The number of fused-ring (bicyclic) bond motifs is 1. The molecule has 1 atom stereocenters. The lowest BCUT2D eigenvalue weighted by Crippen LogP contribution is -2.10. The van der Waals surface area contributed by atoms with E-state index < -0.39 is 5.97 Å². The highest BCUT2D eigenvalue weighted by molar-refractivity contribution is 5.94. The molecule has 21 heavy (non-hydrogen) atoms. The van der Waals surface area contributed by atoms with Gasteiger partial charge in [0.25, 0.3) is 0 Å². The van der Waals surface area contributed by atoms with E-state index in [9.17, 15) is 9.90 Å². The van der Waals surface area contributed by atoms with Gasteiger partial charge in [0.1, 0.15) is 0 Å². The minimum atomic E-state index is -0.948. The molecule has 0 radical (unpaired) electrons. The van der Waals surface area contributed by atoms with Crippen LogP contribution >= 0.6 is 0 Å². The van der Waals surface area contributed by atoms with Crippen LogP contribution in [0.4, 0.5) is 5.69 Å². The smallest absolute Gasteiger partial charge is 0.337 e. The van der Waals surface area contributed by atoms with Gasteiger partial charge in [0.05, 0.1) is 5.56 Å². The number of hydrogen-bond acceptors (Lipinski definition) is 4. The zero-order valence-corrected chi connectivity index (χ0v) is 11.5. The Bertz CT molecular complexity index is 684. The average molecular weight is 285 g/mol. The molecule has 1 unspecified atom stereocenters. The number of carboxylic acid groups (broad SMARTS) is 1. The van der Waals surface area contributed by atoms with Gasteiger partial charge in [-0.05, 0) is 36.8 Å². The summed E-state index contributed by atoms with van der Waals surface area (Å²) in [6, 6.07) is 12.5. The molecular weight excluding hydrogens is 270 g/mol. The van der Waals surface area contributed by atoms with Gasteiger partial charge >= 0.3 is 5.97 Å². The third-order valence-electron chi connectivity index (χ3n) is 3.43. The van der Waals surface area contributed by atoms with E-state index in [-0.39, 0.29) is 18.4 Å². The maximum absolute atomic E-state index is 11.2. The number of para-hydroxylation sites is 1. The number of anilines is 1. The topological polar surface area (TPSA) is 67.8 Å². The van der Waals surface area contributed by atoms with E-state index >= 15 is 0 Å². The van der Waals surface area contributed by atoms with E-state index in [1.807, 2.05) is 25.1 Å². The summed E-state index contributed by atoms with van der Waals surface area (Å²) in [4.78, 5) is 11.2. The lowest BCUT2D eigenvalue weighted by molar-refractivity contribution is 0.0698. The van der Waals surface area contributed by atoms with Crippen molar-refractivity contribution < 1.29 is 19.4 Å². The lowest BCUT2D eigenvalue weighted by Gasteiger charge is -2.17. The Morgan fingerprint density at radius 1 is 1.19 bits per heavy atom. The van der Waals surface area contributed by atoms with Gasteiger partial charge < -0.3 is 19.9 Å². The first kappa shape index (κ1) is 13.3. The fourth-order valence-corrected chi connectivity index (χ4v) is 2.29. The van der Waals surface area contributed by atoms with E-state index in [1.165, 1.54) is 0 Å². The molecule has 0 aliphatic carbocycles. The molecule has 0 amide bonds. The van der Waals surface area contributed by atoms with Crippen LogP contribution in [0.1, 0.15) is 28.9 Å². The quantitative estimate of drug-likeness (QED) is 0.902. The Kier molecular flexibility index (Phi) is 3.39. The molecule has 2 N–H and O–H groups in total. The predicted octanol–water partition coefficient (Wildman–Crippen LogP) is 3.29. The lowest BCUT2D eigenvalue weighted by atomic mass is 10.1. The van der Waals surface area contributed by atoms with Crippen molar-refractivity contribution in [1.29, 1.82) is 0 Å². The monoisotopic (exact) mass is 285 g/mol. The van der Waals surface area contributed by atoms with E-state index in [2.05, 4.69) is 5.32 Å². The standard InChI is InChI=1S/C16H15NO4/c1-10(11-6-7-14-15(8-11)21-9-20-14)17-13-5-3-2-4-12(13)16(18)19/h2-8,10,17H,9H2,1H3,(H,18,19). The normalized spacial score (nSPS) is 13.8. The van der Waals surface area contributed by atoms with Gasteiger partial charge in [0, 0.05) is 11.7 Å². The second-order valence-corrected chi connectivity index (χ2v) is 4.83. The van der Waals surface area contributed by atoms with Gasteiger partial charge in [-0.25, -0.2) is 4.79 Å². The summed E-state index contributed by atoms with van der Waals surface area (Å²) in [6.45, 7) is 2.21. The molecule has 5 nitrogen and oxygen atoms in total. The largest absolute Gasteiger partial charge is 0.478 e. The number of aromatic carboxylic acids is 1. The second-order valence-electron chi connectivity index (χ2n) is 4.83. The molecule has 0 fully saturated rings. The molecule has 0 spiro atoms. The molecule has 1 heterocycles. The van der Waals surface area contributed by atoms with Gasteiger partial charge in [-0.2, -0.15) is 0 Å². The molecule has 0 saturated heterocycles. The number of carbonyl (C=O) groups is 1. The molecule has 2 aromatic rings. The van der Waals surface area contributed by atoms with Crippen LogP contribution in [0.3, 0.4) is 0 Å². The molecule has 5 heteroatoms. The third kappa shape index (κ3) is 2.63. The third-order valence-corrected chi connectivity index (χ3v) is 3.43. The van der Waals surface area contributed by atoms with Crippen LogP contribution in [0.2, 0.25) is 0 Å². The first-order valence-corrected chi connectivity index (χ1v) is 6.63. The summed E-state index contributed by atoms with van der Waals surface area (Å²) < 4.78 is 10.6. The summed E-state index contributed by atoms with van der Waals surface area (Å²) in [6.07, 6.45) is 0. The summed E-state index contributed by atoms with van der Waals surface area (Å²) in [5, 5.41) is 12.4. The summed E-state index contributed by atoms with van der Waals surface area (Å²) in [7, 11) is 0. The first-order chi connectivity index (χ1) is 10.1. The van der Waals surface area contributed by atoms with Crippen molar-refractivity contribution >= 4 is 11.7 Å². The Balaban J connectivity index is 1.83. The Morgan fingerprint density at radius 2 is 1.95 bits per heavy atom. The number of carboxylic acids is 1. The maximum Gasteiger partial charge on any atom is 0.337 e. The van der Waals surface area contributed by atoms with Crippen molar-refractivity contribution in [2.45, 2.75) is 13.0 Å².